The molecule has 0 aliphatic rings. The topological polar surface area (TPSA) is 35.2 Å². The van der Waals surface area contributed by atoms with E-state index in [2.05, 4.69) is 31.9 Å². The third-order valence-corrected chi connectivity index (χ3v) is 4.62. The van der Waals surface area contributed by atoms with Gasteiger partial charge in [0.05, 0.1) is 10.0 Å². The number of halogens is 4. The minimum absolute atomic E-state index is 0.489. The zero-order chi connectivity index (χ0) is 14.7. The zero-order valence-corrected chi connectivity index (χ0v) is 15.0. The first-order valence-electron chi connectivity index (χ1n) is 5.82. The molecule has 0 saturated heterocycles. The van der Waals surface area contributed by atoms with E-state index in [4.69, 9.17) is 33.7 Å². The first kappa shape index (κ1) is 16.1. The van der Waals surface area contributed by atoms with Crippen LogP contribution in [0.4, 0.5) is 0 Å². The van der Waals surface area contributed by atoms with Crippen molar-refractivity contribution in [3.8, 4) is 11.5 Å². The average Bonchev–Trinajstić information content (AvgIpc) is 2.39. The van der Waals surface area contributed by atoms with Crippen molar-refractivity contribution in [2.24, 2.45) is 5.73 Å². The summed E-state index contributed by atoms with van der Waals surface area (Å²) < 4.78 is 7.58. The predicted octanol–water partition coefficient (Wildman–Crippen LogP) is 5.81. The summed E-state index contributed by atoms with van der Waals surface area (Å²) in [6.45, 7) is 0.543. The maximum Gasteiger partial charge on any atom is 0.147 e. The minimum Gasteiger partial charge on any atom is -0.455 e. The van der Waals surface area contributed by atoms with Crippen LogP contribution in [-0.2, 0) is 6.42 Å². The highest BCUT2D eigenvalue weighted by atomic mass is 79.9. The van der Waals surface area contributed by atoms with E-state index >= 15 is 0 Å². The van der Waals surface area contributed by atoms with Crippen LogP contribution < -0.4 is 10.5 Å². The largest absolute Gasteiger partial charge is 0.455 e. The van der Waals surface area contributed by atoms with Gasteiger partial charge in [-0.2, -0.15) is 0 Å². The van der Waals surface area contributed by atoms with E-state index < -0.39 is 0 Å². The summed E-state index contributed by atoms with van der Waals surface area (Å²) in [5.74, 6) is 1.24. The van der Waals surface area contributed by atoms with Gasteiger partial charge in [-0.3, -0.25) is 0 Å². The summed E-state index contributed by atoms with van der Waals surface area (Å²) in [7, 11) is 0. The van der Waals surface area contributed by atoms with Crippen molar-refractivity contribution in [1.82, 2.24) is 0 Å². The highest BCUT2D eigenvalue weighted by molar-refractivity contribution is 9.10. The van der Waals surface area contributed by atoms with E-state index in [1.54, 1.807) is 12.1 Å². The number of rotatable bonds is 4. The normalized spacial score (nSPS) is 10.7. The van der Waals surface area contributed by atoms with Crippen molar-refractivity contribution in [3.05, 3.63) is 54.9 Å². The minimum atomic E-state index is 0.489. The standard InChI is InChI=1S/C14H11Br2Cl2NO/c15-9-1-2-13(8(5-9)3-4-19)20-14-7-11(17)10(16)6-12(14)18/h1-2,5-7H,3-4,19H2. The lowest BCUT2D eigenvalue weighted by Crippen LogP contribution is -2.04. The van der Waals surface area contributed by atoms with Crippen LogP contribution >= 0.6 is 55.1 Å². The van der Waals surface area contributed by atoms with Gasteiger partial charge < -0.3 is 10.5 Å². The fraction of sp³-hybridized carbons (Fsp3) is 0.143. The Morgan fingerprint density at radius 3 is 2.45 bits per heavy atom. The molecule has 0 radical (unpaired) electrons. The van der Waals surface area contributed by atoms with Crippen molar-refractivity contribution in [1.29, 1.82) is 0 Å². The second-order valence-electron chi connectivity index (χ2n) is 4.09. The molecule has 2 nitrogen and oxygen atoms in total. The Balaban J connectivity index is 2.37. The van der Waals surface area contributed by atoms with E-state index in [0.717, 1.165) is 26.7 Å². The predicted molar refractivity (Wildman–Crippen MR) is 91.1 cm³/mol. The molecule has 6 heteroatoms. The van der Waals surface area contributed by atoms with Crippen LogP contribution in [0.1, 0.15) is 5.56 Å². The number of nitrogens with two attached hydrogens (primary N) is 1. The van der Waals surface area contributed by atoms with Crippen molar-refractivity contribution < 1.29 is 4.74 Å². The fourth-order valence-electron chi connectivity index (χ4n) is 1.70. The van der Waals surface area contributed by atoms with E-state index in [1.165, 1.54) is 0 Å². The second-order valence-corrected chi connectivity index (χ2v) is 6.67. The van der Waals surface area contributed by atoms with Crippen LogP contribution in [0.5, 0.6) is 11.5 Å². The van der Waals surface area contributed by atoms with Gasteiger partial charge in [-0.15, -0.1) is 0 Å². The Morgan fingerprint density at radius 1 is 1.00 bits per heavy atom. The van der Waals surface area contributed by atoms with Crippen molar-refractivity contribution in [2.45, 2.75) is 6.42 Å². The van der Waals surface area contributed by atoms with E-state index in [0.29, 0.717) is 22.3 Å². The number of hydrogen-bond acceptors (Lipinski definition) is 2. The molecule has 0 aliphatic carbocycles. The Morgan fingerprint density at radius 2 is 1.75 bits per heavy atom. The number of ether oxygens (including phenoxy) is 1. The SMILES string of the molecule is NCCc1cc(Br)ccc1Oc1cc(Cl)c(Br)cc1Cl. The fourth-order valence-corrected chi connectivity index (χ4v) is 2.94. The van der Waals surface area contributed by atoms with Crippen LogP contribution in [0.15, 0.2) is 39.3 Å². The molecule has 20 heavy (non-hydrogen) atoms. The Labute approximate surface area is 144 Å². The highest BCUT2D eigenvalue weighted by Crippen LogP contribution is 2.37. The molecule has 0 aliphatic heterocycles. The van der Waals surface area contributed by atoms with Gasteiger partial charge in [0, 0.05) is 15.0 Å². The molecule has 0 saturated carbocycles. The first-order chi connectivity index (χ1) is 9.51. The molecule has 2 aromatic carbocycles. The van der Waals surface area contributed by atoms with Gasteiger partial charge in [0.15, 0.2) is 0 Å². The molecule has 106 valence electrons. The zero-order valence-electron chi connectivity index (χ0n) is 10.3. The second kappa shape index (κ2) is 7.14. The summed E-state index contributed by atoms with van der Waals surface area (Å²) in [5.41, 5.74) is 6.63. The van der Waals surface area contributed by atoms with Gasteiger partial charge in [0.25, 0.3) is 0 Å². The summed E-state index contributed by atoms with van der Waals surface area (Å²) in [4.78, 5) is 0. The van der Waals surface area contributed by atoms with Gasteiger partial charge in [-0.05, 0) is 58.7 Å². The molecule has 0 amide bonds. The molecule has 0 unspecified atom stereocenters. The van der Waals surface area contributed by atoms with Crippen LogP contribution in [0.2, 0.25) is 10.0 Å². The van der Waals surface area contributed by atoms with Crippen LogP contribution in [0, 0.1) is 0 Å². The Bertz CT molecular complexity index is 635. The van der Waals surface area contributed by atoms with Gasteiger partial charge >= 0.3 is 0 Å². The average molecular weight is 440 g/mol. The third kappa shape index (κ3) is 3.89. The van der Waals surface area contributed by atoms with E-state index in [9.17, 15) is 0 Å². The summed E-state index contributed by atoms with van der Waals surface area (Å²) in [6.07, 6.45) is 0.719. The molecular weight excluding hydrogens is 429 g/mol. The van der Waals surface area contributed by atoms with E-state index in [-0.39, 0.29) is 0 Å². The molecular formula is C14H11Br2Cl2NO. The maximum atomic E-state index is 6.16. The van der Waals surface area contributed by atoms with Crippen molar-refractivity contribution >= 4 is 55.1 Å². The lowest BCUT2D eigenvalue weighted by molar-refractivity contribution is 0.476. The number of benzene rings is 2. The van der Waals surface area contributed by atoms with Crippen LogP contribution in [0.3, 0.4) is 0 Å². The Hall–Kier alpha value is -0.260. The summed E-state index contributed by atoms with van der Waals surface area (Å²) in [6, 6.07) is 9.16. The lowest BCUT2D eigenvalue weighted by Gasteiger charge is -2.13. The molecule has 0 heterocycles. The molecule has 0 bridgehead atoms. The molecule has 0 spiro atoms. The highest BCUT2D eigenvalue weighted by Gasteiger charge is 2.11. The molecule has 0 fully saturated rings. The van der Waals surface area contributed by atoms with Gasteiger partial charge in [-0.1, -0.05) is 39.1 Å². The lowest BCUT2D eigenvalue weighted by atomic mass is 10.1. The quantitative estimate of drug-likeness (QED) is 0.610. The van der Waals surface area contributed by atoms with E-state index in [1.807, 2.05) is 18.2 Å². The van der Waals surface area contributed by atoms with Crippen LogP contribution in [-0.4, -0.2) is 6.54 Å². The van der Waals surface area contributed by atoms with Gasteiger partial charge in [0.2, 0.25) is 0 Å². The Kier molecular flexibility index (Phi) is 5.75. The third-order valence-electron chi connectivity index (χ3n) is 2.63. The number of hydrogen-bond donors (Lipinski definition) is 1. The van der Waals surface area contributed by atoms with Gasteiger partial charge in [0.1, 0.15) is 11.5 Å². The summed E-state index contributed by atoms with van der Waals surface area (Å²) in [5, 5.41) is 1.03. The maximum absolute atomic E-state index is 6.16. The van der Waals surface area contributed by atoms with Gasteiger partial charge in [-0.25, -0.2) is 0 Å². The molecule has 0 atom stereocenters. The molecule has 2 aromatic rings. The smallest absolute Gasteiger partial charge is 0.147 e. The molecule has 0 aromatic heterocycles. The summed E-state index contributed by atoms with van der Waals surface area (Å²) >= 11 is 19.0. The first-order valence-corrected chi connectivity index (χ1v) is 8.16. The van der Waals surface area contributed by atoms with Crippen molar-refractivity contribution in [3.63, 3.8) is 0 Å². The molecule has 2 rings (SSSR count). The van der Waals surface area contributed by atoms with Crippen molar-refractivity contribution in [2.75, 3.05) is 6.54 Å². The van der Waals surface area contributed by atoms with Crippen LogP contribution in [0.25, 0.3) is 0 Å². The molecule has 2 N–H and O–H groups in total. The monoisotopic (exact) mass is 437 g/mol.